The molecule has 1 aromatic heterocycles. The molecule has 0 saturated carbocycles. The van der Waals surface area contributed by atoms with Gasteiger partial charge in [0.2, 0.25) is 0 Å². The highest BCUT2D eigenvalue weighted by atomic mass is 16.5. The largest absolute Gasteiger partial charge is 0.497 e. The molecule has 0 unspecified atom stereocenters. The van der Waals surface area contributed by atoms with Crippen molar-refractivity contribution in [3.05, 3.63) is 65.9 Å². The van der Waals surface area contributed by atoms with Gasteiger partial charge in [-0.3, -0.25) is 9.80 Å². The van der Waals surface area contributed by atoms with Crippen molar-refractivity contribution in [2.24, 2.45) is 5.92 Å². The van der Waals surface area contributed by atoms with E-state index in [1.54, 1.807) is 13.4 Å². The Kier molecular flexibility index (Phi) is 4.83. The maximum atomic E-state index is 5.49. The van der Waals surface area contributed by atoms with E-state index >= 15 is 0 Å². The summed E-state index contributed by atoms with van der Waals surface area (Å²) in [5.74, 6) is 1.70. The molecular weight excluding hydrogens is 348 g/mol. The lowest BCUT2D eigenvalue weighted by Crippen LogP contribution is -2.43. The van der Waals surface area contributed by atoms with Crippen LogP contribution < -0.4 is 4.74 Å². The summed E-state index contributed by atoms with van der Waals surface area (Å²) in [6.07, 6.45) is 4.46. The van der Waals surface area contributed by atoms with Crippen molar-refractivity contribution >= 4 is 11.0 Å². The van der Waals surface area contributed by atoms with E-state index in [1.807, 2.05) is 0 Å². The maximum Gasteiger partial charge on any atom is 0.133 e. The van der Waals surface area contributed by atoms with E-state index in [0.29, 0.717) is 6.04 Å². The zero-order valence-corrected chi connectivity index (χ0v) is 16.5. The molecule has 4 nitrogen and oxygen atoms in total. The molecule has 3 aliphatic rings. The molecule has 0 spiro atoms. The highest BCUT2D eigenvalue weighted by molar-refractivity contribution is 5.77. The summed E-state index contributed by atoms with van der Waals surface area (Å²) in [4.78, 5) is 5.37. The van der Waals surface area contributed by atoms with Gasteiger partial charge >= 0.3 is 0 Å². The standard InChI is InChI=1S/C24H28N2O2/c1-27-23-7-3-18(4-8-23)13-25-14-20-2-6-22(17-25)26(16-20)15-19-5-9-24-21(12-19)10-11-28-24/h3-5,7-12,20,22H,2,6,13-17H2,1H3/t20-,22+/m1/s1. The third-order valence-electron chi connectivity index (χ3n) is 6.37. The van der Waals surface area contributed by atoms with Crippen molar-refractivity contribution in [3.63, 3.8) is 0 Å². The van der Waals surface area contributed by atoms with Gasteiger partial charge in [0.05, 0.1) is 13.4 Å². The second kappa shape index (κ2) is 7.61. The van der Waals surface area contributed by atoms with Crippen molar-refractivity contribution in [2.75, 3.05) is 26.7 Å². The first-order chi connectivity index (χ1) is 13.8. The van der Waals surface area contributed by atoms with Crippen LogP contribution in [0, 0.1) is 5.92 Å². The summed E-state index contributed by atoms with van der Waals surface area (Å²) < 4.78 is 10.8. The Morgan fingerprint density at radius 1 is 0.929 bits per heavy atom. The molecule has 4 heterocycles. The Balaban J connectivity index is 1.27. The van der Waals surface area contributed by atoms with Crippen molar-refractivity contribution in [3.8, 4) is 5.75 Å². The SMILES string of the molecule is COc1ccc(CN2C[C@H]3CC[C@@H](C2)N(Cc2ccc4occc4c2)C3)cc1. The summed E-state index contributed by atoms with van der Waals surface area (Å²) in [5.41, 5.74) is 3.74. The highest BCUT2D eigenvalue weighted by Gasteiger charge is 2.34. The summed E-state index contributed by atoms with van der Waals surface area (Å²) in [6, 6.07) is 17.9. The molecule has 0 radical (unpaired) electrons. The monoisotopic (exact) mass is 376 g/mol. The van der Waals surface area contributed by atoms with Gasteiger partial charge in [0.25, 0.3) is 0 Å². The normalized spacial score (nSPS) is 23.2. The minimum absolute atomic E-state index is 0.650. The predicted octanol–water partition coefficient (Wildman–Crippen LogP) is 4.54. The highest BCUT2D eigenvalue weighted by Crippen LogP contribution is 2.30. The quantitative estimate of drug-likeness (QED) is 0.654. The van der Waals surface area contributed by atoms with E-state index in [-0.39, 0.29) is 0 Å². The molecule has 4 heteroatoms. The van der Waals surface area contributed by atoms with Crippen LogP contribution in [-0.2, 0) is 13.1 Å². The Morgan fingerprint density at radius 2 is 1.79 bits per heavy atom. The van der Waals surface area contributed by atoms with Gasteiger partial charge in [0.1, 0.15) is 11.3 Å². The Morgan fingerprint density at radius 3 is 2.64 bits per heavy atom. The number of piperidine rings is 1. The van der Waals surface area contributed by atoms with Crippen LogP contribution in [0.5, 0.6) is 5.75 Å². The lowest BCUT2D eigenvalue weighted by molar-refractivity contribution is 0.123. The summed E-state index contributed by atoms with van der Waals surface area (Å²) in [5, 5.41) is 1.21. The van der Waals surface area contributed by atoms with E-state index < -0.39 is 0 Å². The zero-order valence-electron chi connectivity index (χ0n) is 16.5. The molecule has 2 aromatic carbocycles. The summed E-state index contributed by atoms with van der Waals surface area (Å²) in [7, 11) is 1.72. The van der Waals surface area contributed by atoms with E-state index in [1.165, 1.54) is 42.4 Å². The Bertz CT molecular complexity index is 933. The number of rotatable bonds is 5. The topological polar surface area (TPSA) is 28.9 Å². The fraction of sp³-hybridized carbons (Fsp3) is 0.417. The van der Waals surface area contributed by atoms with Gasteiger partial charge in [-0.25, -0.2) is 0 Å². The second-order valence-electron chi connectivity index (χ2n) is 8.36. The number of benzene rings is 2. The molecule has 0 amide bonds. The van der Waals surface area contributed by atoms with Gasteiger partial charge < -0.3 is 9.15 Å². The average Bonchev–Trinajstić information content (AvgIpc) is 3.02. The minimum Gasteiger partial charge on any atom is -0.497 e. The number of fused-ring (bicyclic) bond motifs is 5. The summed E-state index contributed by atoms with van der Waals surface area (Å²) >= 11 is 0. The first-order valence-corrected chi connectivity index (χ1v) is 10.3. The van der Waals surface area contributed by atoms with Crippen molar-refractivity contribution < 1.29 is 9.15 Å². The second-order valence-corrected chi connectivity index (χ2v) is 8.36. The first kappa shape index (κ1) is 17.8. The third-order valence-corrected chi connectivity index (χ3v) is 6.37. The number of nitrogens with zero attached hydrogens (tertiary/aromatic N) is 2. The number of hydrogen-bond donors (Lipinski definition) is 0. The molecular formula is C24H28N2O2. The maximum absolute atomic E-state index is 5.49. The molecule has 3 saturated heterocycles. The van der Waals surface area contributed by atoms with Gasteiger partial charge in [-0.2, -0.15) is 0 Å². The molecule has 0 N–H and O–H groups in total. The molecule has 2 bridgehead atoms. The first-order valence-electron chi connectivity index (χ1n) is 10.3. The van der Waals surface area contributed by atoms with Gasteiger partial charge in [-0.1, -0.05) is 18.2 Å². The van der Waals surface area contributed by atoms with Crippen LogP contribution in [0.1, 0.15) is 24.0 Å². The fourth-order valence-electron chi connectivity index (χ4n) is 4.94. The van der Waals surface area contributed by atoms with E-state index in [0.717, 1.165) is 36.9 Å². The molecule has 28 heavy (non-hydrogen) atoms. The van der Waals surface area contributed by atoms with Crippen molar-refractivity contribution in [1.29, 1.82) is 0 Å². The number of hydrogen-bond acceptors (Lipinski definition) is 4. The van der Waals surface area contributed by atoms with Gasteiger partial charge in [0.15, 0.2) is 0 Å². The average molecular weight is 377 g/mol. The Labute approximate surface area is 166 Å². The van der Waals surface area contributed by atoms with E-state index in [9.17, 15) is 0 Å². The van der Waals surface area contributed by atoms with Gasteiger partial charge in [-0.05, 0) is 60.2 Å². The third kappa shape index (κ3) is 3.67. The molecule has 3 aliphatic heterocycles. The van der Waals surface area contributed by atoms with Crippen LogP contribution in [0.4, 0.5) is 0 Å². The predicted molar refractivity (Wildman–Crippen MR) is 111 cm³/mol. The van der Waals surface area contributed by atoms with E-state index in [2.05, 4.69) is 58.3 Å². The lowest BCUT2D eigenvalue weighted by Gasteiger charge is -2.36. The molecule has 146 valence electrons. The van der Waals surface area contributed by atoms with Crippen LogP contribution in [0.15, 0.2) is 59.2 Å². The smallest absolute Gasteiger partial charge is 0.133 e. The van der Waals surface area contributed by atoms with Gasteiger partial charge in [0, 0.05) is 44.2 Å². The number of ether oxygens (including phenoxy) is 1. The molecule has 6 rings (SSSR count). The fourth-order valence-corrected chi connectivity index (χ4v) is 4.94. The number of furan rings is 1. The zero-order chi connectivity index (χ0) is 18.9. The molecule has 3 fully saturated rings. The summed E-state index contributed by atoms with van der Waals surface area (Å²) in [6.45, 7) is 5.66. The van der Waals surface area contributed by atoms with Gasteiger partial charge in [-0.15, -0.1) is 0 Å². The lowest BCUT2D eigenvalue weighted by atomic mass is 9.94. The Hall–Kier alpha value is -2.30. The van der Waals surface area contributed by atoms with Crippen LogP contribution in [-0.4, -0.2) is 42.6 Å². The minimum atomic E-state index is 0.650. The molecule has 3 aromatic rings. The van der Waals surface area contributed by atoms with Crippen molar-refractivity contribution in [1.82, 2.24) is 9.80 Å². The van der Waals surface area contributed by atoms with Crippen LogP contribution in [0.2, 0.25) is 0 Å². The van der Waals surface area contributed by atoms with Crippen molar-refractivity contribution in [2.45, 2.75) is 32.0 Å². The van der Waals surface area contributed by atoms with Crippen LogP contribution >= 0.6 is 0 Å². The molecule has 2 atom stereocenters. The van der Waals surface area contributed by atoms with E-state index in [4.69, 9.17) is 9.15 Å². The molecule has 0 aliphatic carbocycles. The number of methoxy groups -OCH3 is 1. The van der Waals surface area contributed by atoms with Crippen LogP contribution in [0.25, 0.3) is 11.0 Å². The van der Waals surface area contributed by atoms with Crippen LogP contribution in [0.3, 0.4) is 0 Å².